The van der Waals surface area contributed by atoms with Crippen molar-refractivity contribution in [3.63, 3.8) is 0 Å². The minimum Gasteiger partial charge on any atom is -0.184 e. The van der Waals surface area contributed by atoms with Crippen LogP contribution in [0.2, 0.25) is 0 Å². The van der Waals surface area contributed by atoms with E-state index in [2.05, 4.69) is 39.3 Å². The van der Waals surface area contributed by atoms with E-state index < -0.39 is 0 Å². The van der Waals surface area contributed by atoms with Crippen LogP contribution in [0.25, 0.3) is 0 Å². The fourth-order valence-corrected chi connectivity index (χ4v) is 0.342. The van der Waals surface area contributed by atoms with E-state index in [1.807, 2.05) is 30.3 Å². The zero-order chi connectivity index (χ0) is 14.2. The van der Waals surface area contributed by atoms with Crippen molar-refractivity contribution >= 4 is 0 Å². The Kier molecular flexibility index (Phi) is 272. The van der Waals surface area contributed by atoms with Crippen LogP contribution in [0.4, 0.5) is 0 Å². The molecular formula is C11H5O5Re-. The Morgan fingerprint density at radius 1 is 0.529 bits per heavy atom. The van der Waals surface area contributed by atoms with Gasteiger partial charge in [0.05, 0.1) is 0 Å². The first-order valence-corrected chi connectivity index (χ1v) is 2.93. The van der Waals surface area contributed by atoms with E-state index in [9.17, 15) is 0 Å². The molecule has 0 unspecified atom stereocenters. The molecule has 87 valence electrons. The molecule has 0 saturated heterocycles. The van der Waals surface area contributed by atoms with Crippen molar-refractivity contribution in [2.45, 2.75) is 0 Å². The topological polar surface area (TPSA) is 99.5 Å². The molecular weight excluding hydrogens is 398 g/mol. The largest absolute Gasteiger partial charge is 0.184 e. The molecule has 0 heterocycles. The predicted molar refractivity (Wildman–Crippen MR) is 44.9 cm³/mol. The molecule has 5 nitrogen and oxygen atoms in total. The zero-order valence-corrected chi connectivity index (χ0v) is 11.0. The van der Waals surface area contributed by atoms with Gasteiger partial charge in [-0.05, 0) is 0 Å². The standard InChI is InChI=1S/C6H5.5CO.Re/c1-2-4-6-5-3-1;5*1-2;/h1-5H;;;;;;/q-1;;;;;;. The second-order valence-electron chi connectivity index (χ2n) is 1.08. The van der Waals surface area contributed by atoms with Crippen molar-refractivity contribution < 1.29 is 43.7 Å². The smallest absolute Gasteiger partial charge is 0 e. The molecule has 1 aromatic carbocycles. The van der Waals surface area contributed by atoms with Gasteiger partial charge in [0.2, 0.25) is 0 Å². The Labute approximate surface area is 113 Å². The van der Waals surface area contributed by atoms with Crippen molar-refractivity contribution in [1.29, 1.82) is 0 Å². The van der Waals surface area contributed by atoms with Gasteiger partial charge in [-0.15, -0.1) is 0 Å². The monoisotopic (exact) mass is 404 g/mol. The molecule has 0 N–H and O–H groups in total. The van der Waals surface area contributed by atoms with Crippen LogP contribution in [0, 0.1) is 39.3 Å². The van der Waals surface area contributed by atoms with E-state index in [-0.39, 0.29) is 20.4 Å². The maximum Gasteiger partial charge on any atom is 0 e. The summed E-state index contributed by atoms with van der Waals surface area (Å²) in [4.78, 5) is 0. The molecule has 0 fully saturated rings. The van der Waals surface area contributed by atoms with Crippen LogP contribution >= 0.6 is 0 Å². The first-order valence-electron chi connectivity index (χ1n) is 2.93. The van der Waals surface area contributed by atoms with Crippen LogP contribution in [-0.2, 0) is 43.7 Å². The Bertz CT molecular complexity index is 212. The van der Waals surface area contributed by atoms with Crippen molar-refractivity contribution in [2.75, 3.05) is 0 Å². The molecule has 0 aliphatic heterocycles. The molecule has 0 aliphatic rings. The van der Waals surface area contributed by atoms with Gasteiger partial charge in [-0.25, -0.2) is 0 Å². The van der Waals surface area contributed by atoms with E-state index in [1.54, 1.807) is 0 Å². The maximum absolute atomic E-state index is 7.50. The first kappa shape index (κ1) is 36.1. The summed E-state index contributed by atoms with van der Waals surface area (Å²) in [6.45, 7) is 22.5. The summed E-state index contributed by atoms with van der Waals surface area (Å²) in [7, 11) is 0. The van der Waals surface area contributed by atoms with E-state index in [0.29, 0.717) is 0 Å². The van der Waals surface area contributed by atoms with Crippen molar-refractivity contribution in [1.82, 2.24) is 0 Å². The predicted octanol–water partition coefficient (Wildman–Crippen LogP) is 1.30. The summed E-state index contributed by atoms with van der Waals surface area (Å²) in [5.41, 5.74) is 0. The second-order valence-corrected chi connectivity index (χ2v) is 1.08. The molecule has 1 aromatic rings. The third-order valence-electron chi connectivity index (χ3n) is 0.607. The number of hydrogen-bond acceptors (Lipinski definition) is 0. The molecule has 0 amide bonds. The van der Waals surface area contributed by atoms with Crippen LogP contribution in [0.5, 0.6) is 0 Å². The van der Waals surface area contributed by atoms with Gasteiger partial charge < -0.3 is 0 Å². The summed E-state index contributed by atoms with van der Waals surface area (Å²) in [5, 5.41) is 0. The van der Waals surface area contributed by atoms with Gasteiger partial charge in [0.25, 0.3) is 0 Å². The minimum atomic E-state index is 0. The van der Waals surface area contributed by atoms with Crippen LogP contribution in [0.3, 0.4) is 0 Å². The molecule has 0 saturated carbocycles. The van der Waals surface area contributed by atoms with E-state index in [0.717, 1.165) is 0 Å². The summed E-state index contributed by atoms with van der Waals surface area (Å²) in [6.07, 6.45) is 0. The Morgan fingerprint density at radius 3 is 0.824 bits per heavy atom. The van der Waals surface area contributed by atoms with Crippen molar-refractivity contribution in [2.24, 2.45) is 0 Å². The van der Waals surface area contributed by atoms with Crippen molar-refractivity contribution in [3.8, 4) is 0 Å². The zero-order valence-electron chi connectivity index (χ0n) is 8.31. The minimum absolute atomic E-state index is 0. The van der Waals surface area contributed by atoms with E-state index >= 15 is 0 Å². The molecule has 1 rings (SSSR count). The SMILES string of the molecule is [C-]#[O+].[C-]#[O+].[C-]#[O+].[C-]#[O+].[C-]#[O+].[Re].[c-]1ccccc1. The number of benzene rings is 1. The summed E-state index contributed by atoms with van der Waals surface area (Å²) in [6, 6.07) is 12.5. The number of hydrogen-bond donors (Lipinski definition) is 0. The van der Waals surface area contributed by atoms with Crippen molar-refractivity contribution in [3.05, 3.63) is 69.7 Å². The van der Waals surface area contributed by atoms with E-state index in [1.165, 1.54) is 0 Å². The third-order valence-corrected chi connectivity index (χ3v) is 0.607. The van der Waals surface area contributed by atoms with Crippen LogP contribution < -0.4 is 0 Å². The fourth-order valence-electron chi connectivity index (χ4n) is 0.342. The summed E-state index contributed by atoms with van der Waals surface area (Å²) >= 11 is 0. The van der Waals surface area contributed by atoms with Gasteiger partial charge in [0.15, 0.2) is 0 Å². The Morgan fingerprint density at radius 2 is 0.765 bits per heavy atom. The first-order chi connectivity index (χ1) is 8.00. The third kappa shape index (κ3) is 110. The molecule has 0 bridgehead atoms. The quantitative estimate of drug-likeness (QED) is 0.461. The molecule has 1 radical (unpaired) electrons. The number of rotatable bonds is 0. The fraction of sp³-hybridized carbons (Fsp3) is 0. The van der Waals surface area contributed by atoms with Gasteiger partial charge in [-0.2, -0.15) is 36.4 Å². The average Bonchev–Trinajstić information content (AvgIpc) is 2.51. The molecule has 0 aromatic heterocycles. The second kappa shape index (κ2) is 128. The van der Waals surface area contributed by atoms with Crippen LogP contribution in [0.15, 0.2) is 30.3 Å². The Balaban J connectivity index is -0.0000000242. The summed E-state index contributed by atoms with van der Waals surface area (Å²) in [5.74, 6) is 0. The molecule has 0 atom stereocenters. The van der Waals surface area contributed by atoms with Gasteiger partial charge in [0.1, 0.15) is 0 Å². The van der Waals surface area contributed by atoms with Gasteiger partial charge in [-0.3, -0.25) is 0 Å². The van der Waals surface area contributed by atoms with Crippen LogP contribution in [-0.4, -0.2) is 0 Å². The molecule has 0 spiro atoms. The van der Waals surface area contributed by atoms with Gasteiger partial charge >= 0.3 is 56.5 Å². The molecule has 17 heavy (non-hydrogen) atoms. The Hall–Kier alpha value is -1.42. The summed E-state index contributed by atoms with van der Waals surface area (Å²) < 4.78 is 37.5. The van der Waals surface area contributed by atoms with Gasteiger partial charge in [-0.1, -0.05) is 0 Å². The van der Waals surface area contributed by atoms with Crippen LogP contribution in [0.1, 0.15) is 0 Å². The molecule has 0 aliphatic carbocycles. The average molecular weight is 403 g/mol. The van der Waals surface area contributed by atoms with Gasteiger partial charge in [0, 0.05) is 20.4 Å². The maximum atomic E-state index is 7.50. The normalized spacial score (nSPS) is 3.41. The molecule has 6 heteroatoms. The van der Waals surface area contributed by atoms with E-state index in [4.69, 9.17) is 23.3 Å².